The van der Waals surface area contributed by atoms with E-state index in [4.69, 9.17) is 9.47 Å². The number of aryl methyl sites for hydroxylation is 1. The molecule has 0 aliphatic carbocycles. The molecule has 0 amide bonds. The number of ether oxygens (including phenoxy) is 2. The van der Waals surface area contributed by atoms with Gasteiger partial charge in [-0.05, 0) is 42.8 Å². The number of nitrogens with one attached hydrogen (secondary N) is 1. The van der Waals surface area contributed by atoms with Crippen molar-refractivity contribution in [2.24, 2.45) is 0 Å². The second kappa shape index (κ2) is 6.23. The van der Waals surface area contributed by atoms with Crippen LogP contribution in [0.1, 0.15) is 5.56 Å². The summed E-state index contributed by atoms with van der Waals surface area (Å²) in [7, 11) is -0.981. The number of benzene rings is 2. The van der Waals surface area contributed by atoms with Gasteiger partial charge in [-0.25, -0.2) is 12.8 Å². The zero-order chi connectivity index (χ0) is 16.3. The standard InChI is InChI=1S/C15H16FNO4S/c1-10-8-12(20-2)5-7-15(10)22(18,19)17-11-4-6-14(21-3)13(16)9-11/h4-9,17H,1-3H3. The van der Waals surface area contributed by atoms with E-state index in [1.807, 2.05) is 0 Å². The summed E-state index contributed by atoms with van der Waals surface area (Å²) in [5.74, 6) is -0.0373. The Morgan fingerprint density at radius 1 is 1.05 bits per heavy atom. The third-order valence-electron chi connectivity index (χ3n) is 3.08. The second-order valence-corrected chi connectivity index (χ2v) is 6.24. The molecule has 5 nitrogen and oxygen atoms in total. The van der Waals surface area contributed by atoms with Gasteiger partial charge in [0.25, 0.3) is 10.0 Å². The van der Waals surface area contributed by atoms with E-state index in [2.05, 4.69) is 4.72 Å². The lowest BCUT2D eigenvalue weighted by Crippen LogP contribution is -2.14. The van der Waals surface area contributed by atoms with Crippen molar-refractivity contribution in [1.29, 1.82) is 0 Å². The summed E-state index contributed by atoms with van der Waals surface area (Å²) in [5, 5.41) is 0. The molecule has 2 aromatic rings. The van der Waals surface area contributed by atoms with Crippen LogP contribution in [-0.2, 0) is 10.0 Å². The zero-order valence-corrected chi connectivity index (χ0v) is 13.2. The lowest BCUT2D eigenvalue weighted by atomic mass is 10.2. The molecule has 0 aliphatic heterocycles. The minimum absolute atomic E-state index is 0.0450. The molecule has 1 N–H and O–H groups in total. The number of hydrogen-bond donors (Lipinski definition) is 1. The van der Waals surface area contributed by atoms with E-state index in [-0.39, 0.29) is 16.3 Å². The van der Waals surface area contributed by atoms with Crippen molar-refractivity contribution in [2.75, 3.05) is 18.9 Å². The first-order valence-electron chi connectivity index (χ1n) is 6.38. The first-order valence-corrected chi connectivity index (χ1v) is 7.86. The summed E-state index contributed by atoms with van der Waals surface area (Å²) < 4.78 is 50.6. The van der Waals surface area contributed by atoms with E-state index in [1.54, 1.807) is 19.1 Å². The third-order valence-corrected chi connectivity index (χ3v) is 4.62. The Hall–Kier alpha value is -2.28. The molecule has 0 atom stereocenters. The van der Waals surface area contributed by atoms with Crippen molar-refractivity contribution >= 4 is 15.7 Å². The van der Waals surface area contributed by atoms with Crippen LogP contribution in [0.4, 0.5) is 10.1 Å². The maximum absolute atomic E-state index is 13.6. The number of methoxy groups -OCH3 is 2. The average molecular weight is 325 g/mol. The summed E-state index contributed by atoms with van der Waals surface area (Å²) in [6.45, 7) is 1.66. The monoisotopic (exact) mass is 325 g/mol. The molecule has 118 valence electrons. The Morgan fingerprint density at radius 3 is 2.32 bits per heavy atom. The molecule has 0 unspecified atom stereocenters. The maximum atomic E-state index is 13.6. The molecule has 0 saturated carbocycles. The molecular weight excluding hydrogens is 309 g/mol. The smallest absolute Gasteiger partial charge is 0.262 e. The van der Waals surface area contributed by atoms with Crippen LogP contribution in [0.15, 0.2) is 41.3 Å². The van der Waals surface area contributed by atoms with Crippen LogP contribution in [0, 0.1) is 12.7 Å². The van der Waals surface area contributed by atoms with E-state index in [0.717, 1.165) is 6.07 Å². The van der Waals surface area contributed by atoms with Crippen LogP contribution in [0.5, 0.6) is 11.5 Å². The molecule has 7 heteroatoms. The van der Waals surface area contributed by atoms with Gasteiger partial charge in [0.1, 0.15) is 5.75 Å². The van der Waals surface area contributed by atoms with E-state index < -0.39 is 15.8 Å². The van der Waals surface area contributed by atoms with Crippen LogP contribution >= 0.6 is 0 Å². The number of hydrogen-bond acceptors (Lipinski definition) is 4. The SMILES string of the molecule is COc1ccc(S(=O)(=O)Nc2ccc(OC)c(F)c2)c(C)c1. The zero-order valence-electron chi connectivity index (χ0n) is 12.4. The van der Waals surface area contributed by atoms with Crippen molar-refractivity contribution in [2.45, 2.75) is 11.8 Å². The molecule has 2 aromatic carbocycles. The highest BCUT2D eigenvalue weighted by molar-refractivity contribution is 7.92. The summed E-state index contributed by atoms with van der Waals surface area (Å²) >= 11 is 0. The number of sulfonamides is 1. The number of rotatable bonds is 5. The summed E-state index contributed by atoms with van der Waals surface area (Å²) in [4.78, 5) is 0.101. The first kappa shape index (κ1) is 16.1. The van der Waals surface area contributed by atoms with Crippen molar-refractivity contribution in [3.05, 3.63) is 47.8 Å². The summed E-state index contributed by atoms with van der Waals surface area (Å²) in [6, 6.07) is 8.46. The second-order valence-electron chi connectivity index (χ2n) is 4.59. The van der Waals surface area contributed by atoms with Crippen LogP contribution in [0.3, 0.4) is 0 Å². The van der Waals surface area contributed by atoms with Gasteiger partial charge in [0, 0.05) is 6.07 Å². The fourth-order valence-corrected chi connectivity index (χ4v) is 3.27. The van der Waals surface area contributed by atoms with Gasteiger partial charge in [-0.3, -0.25) is 4.72 Å². The molecule has 0 spiro atoms. The van der Waals surface area contributed by atoms with E-state index in [9.17, 15) is 12.8 Å². The molecule has 0 aromatic heterocycles. The lowest BCUT2D eigenvalue weighted by molar-refractivity contribution is 0.386. The first-order chi connectivity index (χ1) is 10.4. The summed E-state index contributed by atoms with van der Waals surface area (Å²) in [6.07, 6.45) is 0. The normalized spacial score (nSPS) is 11.1. The highest BCUT2D eigenvalue weighted by Crippen LogP contribution is 2.25. The Bertz CT molecular complexity index is 790. The fraction of sp³-hybridized carbons (Fsp3) is 0.200. The van der Waals surface area contributed by atoms with Gasteiger partial charge in [0.05, 0.1) is 24.8 Å². The molecular formula is C15H16FNO4S. The van der Waals surface area contributed by atoms with E-state index in [1.165, 1.54) is 32.4 Å². The molecule has 0 radical (unpaired) electrons. The lowest BCUT2D eigenvalue weighted by Gasteiger charge is -2.12. The minimum atomic E-state index is -3.82. The van der Waals surface area contributed by atoms with Gasteiger partial charge in [-0.2, -0.15) is 0 Å². The fourth-order valence-electron chi connectivity index (χ4n) is 1.99. The largest absolute Gasteiger partial charge is 0.497 e. The molecule has 0 aliphatic rings. The molecule has 0 fully saturated rings. The predicted molar refractivity (Wildman–Crippen MR) is 81.5 cm³/mol. The third kappa shape index (κ3) is 3.30. The van der Waals surface area contributed by atoms with Gasteiger partial charge in [0.15, 0.2) is 11.6 Å². The molecule has 2 rings (SSSR count). The Balaban J connectivity index is 2.33. The van der Waals surface area contributed by atoms with Crippen molar-refractivity contribution < 1.29 is 22.3 Å². The molecule has 0 bridgehead atoms. The Kier molecular flexibility index (Phi) is 4.56. The number of anilines is 1. The average Bonchev–Trinajstić information content (AvgIpc) is 2.46. The molecule has 0 heterocycles. The Labute approximate surface area is 128 Å². The van der Waals surface area contributed by atoms with E-state index in [0.29, 0.717) is 11.3 Å². The van der Waals surface area contributed by atoms with Gasteiger partial charge < -0.3 is 9.47 Å². The highest BCUT2D eigenvalue weighted by Gasteiger charge is 2.18. The van der Waals surface area contributed by atoms with Gasteiger partial charge >= 0.3 is 0 Å². The highest BCUT2D eigenvalue weighted by atomic mass is 32.2. The molecule has 0 saturated heterocycles. The van der Waals surface area contributed by atoms with Crippen molar-refractivity contribution in [1.82, 2.24) is 0 Å². The predicted octanol–water partition coefficient (Wildman–Crippen LogP) is 2.95. The van der Waals surface area contributed by atoms with Gasteiger partial charge in [-0.15, -0.1) is 0 Å². The minimum Gasteiger partial charge on any atom is -0.497 e. The summed E-state index contributed by atoms with van der Waals surface area (Å²) in [5.41, 5.74) is 0.648. The molecule has 22 heavy (non-hydrogen) atoms. The van der Waals surface area contributed by atoms with Crippen molar-refractivity contribution in [3.8, 4) is 11.5 Å². The van der Waals surface area contributed by atoms with E-state index >= 15 is 0 Å². The van der Waals surface area contributed by atoms with Crippen LogP contribution in [0.2, 0.25) is 0 Å². The van der Waals surface area contributed by atoms with Crippen LogP contribution < -0.4 is 14.2 Å². The number of halogens is 1. The van der Waals surface area contributed by atoms with Crippen LogP contribution in [0.25, 0.3) is 0 Å². The maximum Gasteiger partial charge on any atom is 0.262 e. The van der Waals surface area contributed by atoms with Crippen molar-refractivity contribution in [3.63, 3.8) is 0 Å². The van der Waals surface area contributed by atoms with Gasteiger partial charge in [-0.1, -0.05) is 0 Å². The quantitative estimate of drug-likeness (QED) is 0.918. The topological polar surface area (TPSA) is 64.6 Å². The van der Waals surface area contributed by atoms with Gasteiger partial charge in [0.2, 0.25) is 0 Å². The van der Waals surface area contributed by atoms with Crippen LogP contribution in [-0.4, -0.2) is 22.6 Å². The Morgan fingerprint density at radius 2 is 1.77 bits per heavy atom.